The summed E-state index contributed by atoms with van der Waals surface area (Å²) in [6.07, 6.45) is 5.53. The van der Waals surface area contributed by atoms with E-state index in [0.717, 1.165) is 29.3 Å². The first-order valence-electron chi connectivity index (χ1n) is 8.66. The predicted octanol–water partition coefficient (Wildman–Crippen LogP) is 3.22. The molecular weight excluding hydrogens is 326 g/mol. The van der Waals surface area contributed by atoms with Crippen molar-refractivity contribution in [1.29, 1.82) is 0 Å². The Kier molecular flexibility index (Phi) is 4.27. The lowest BCUT2D eigenvalue weighted by Crippen LogP contribution is -2.35. The SMILES string of the molecule is O=C(NC1CC1)/C(=C\c1c[nH]c2ccccc12)NC(=O)c1ccccc1. The molecule has 130 valence electrons. The number of nitrogens with one attached hydrogen (secondary N) is 3. The van der Waals surface area contributed by atoms with Crippen molar-refractivity contribution in [3.8, 4) is 0 Å². The molecule has 3 aromatic rings. The van der Waals surface area contributed by atoms with Gasteiger partial charge in [0, 0.05) is 34.3 Å². The Morgan fingerprint density at radius 2 is 1.73 bits per heavy atom. The van der Waals surface area contributed by atoms with E-state index in [4.69, 9.17) is 0 Å². The van der Waals surface area contributed by atoms with E-state index in [1.54, 1.807) is 30.3 Å². The normalized spacial score (nSPS) is 14.2. The van der Waals surface area contributed by atoms with Crippen molar-refractivity contribution in [2.45, 2.75) is 18.9 Å². The Labute approximate surface area is 151 Å². The van der Waals surface area contributed by atoms with Gasteiger partial charge in [0.05, 0.1) is 0 Å². The van der Waals surface area contributed by atoms with Crippen LogP contribution in [0.15, 0.2) is 66.5 Å². The zero-order valence-electron chi connectivity index (χ0n) is 14.2. The molecule has 1 heterocycles. The summed E-state index contributed by atoms with van der Waals surface area (Å²) in [5.74, 6) is -0.565. The smallest absolute Gasteiger partial charge is 0.268 e. The maximum absolute atomic E-state index is 12.6. The number of fused-ring (bicyclic) bond motifs is 1. The fourth-order valence-corrected chi connectivity index (χ4v) is 2.80. The Balaban J connectivity index is 1.66. The third kappa shape index (κ3) is 3.52. The Bertz CT molecular complexity index is 985. The molecule has 5 nitrogen and oxygen atoms in total. The molecule has 0 saturated heterocycles. The molecule has 1 saturated carbocycles. The number of para-hydroxylation sites is 1. The number of hydrogen-bond acceptors (Lipinski definition) is 2. The van der Waals surface area contributed by atoms with Crippen LogP contribution in [-0.2, 0) is 4.79 Å². The van der Waals surface area contributed by atoms with Crippen molar-refractivity contribution in [2.24, 2.45) is 0 Å². The maximum atomic E-state index is 12.6. The fourth-order valence-electron chi connectivity index (χ4n) is 2.80. The van der Waals surface area contributed by atoms with Gasteiger partial charge in [-0.1, -0.05) is 36.4 Å². The largest absolute Gasteiger partial charge is 0.361 e. The lowest BCUT2D eigenvalue weighted by atomic mass is 10.1. The van der Waals surface area contributed by atoms with Crippen LogP contribution in [-0.4, -0.2) is 22.8 Å². The second kappa shape index (κ2) is 6.88. The highest BCUT2D eigenvalue weighted by molar-refractivity contribution is 6.06. The molecule has 1 aliphatic rings. The number of rotatable bonds is 5. The van der Waals surface area contributed by atoms with Gasteiger partial charge >= 0.3 is 0 Å². The number of hydrogen-bond donors (Lipinski definition) is 3. The predicted molar refractivity (Wildman–Crippen MR) is 101 cm³/mol. The molecule has 1 aromatic heterocycles. The lowest BCUT2D eigenvalue weighted by Gasteiger charge is -2.10. The summed E-state index contributed by atoms with van der Waals surface area (Å²) in [5.41, 5.74) is 2.59. The third-order valence-electron chi connectivity index (χ3n) is 4.36. The average molecular weight is 345 g/mol. The van der Waals surface area contributed by atoms with Crippen LogP contribution in [0.2, 0.25) is 0 Å². The highest BCUT2D eigenvalue weighted by Gasteiger charge is 2.25. The molecule has 1 fully saturated rings. The van der Waals surface area contributed by atoms with Gasteiger partial charge in [0.25, 0.3) is 11.8 Å². The fraction of sp³-hybridized carbons (Fsp3) is 0.143. The van der Waals surface area contributed by atoms with Crippen molar-refractivity contribution in [1.82, 2.24) is 15.6 Å². The van der Waals surface area contributed by atoms with E-state index < -0.39 is 0 Å². The van der Waals surface area contributed by atoms with Gasteiger partial charge in [-0.3, -0.25) is 9.59 Å². The molecule has 0 bridgehead atoms. The molecule has 5 heteroatoms. The summed E-state index contributed by atoms with van der Waals surface area (Å²) < 4.78 is 0. The van der Waals surface area contributed by atoms with Crippen LogP contribution in [0.4, 0.5) is 0 Å². The molecule has 0 atom stereocenters. The summed E-state index contributed by atoms with van der Waals surface area (Å²) in [4.78, 5) is 28.3. The first-order valence-corrected chi connectivity index (χ1v) is 8.66. The molecule has 0 radical (unpaired) electrons. The van der Waals surface area contributed by atoms with E-state index in [1.807, 2.05) is 36.5 Å². The summed E-state index contributed by atoms with van der Waals surface area (Å²) in [6.45, 7) is 0. The highest BCUT2D eigenvalue weighted by Crippen LogP contribution is 2.22. The molecule has 2 aromatic carbocycles. The van der Waals surface area contributed by atoms with Crippen LogP contribution in [0.3, 0.4) is 0 Å². The van der Waals surface area contributed by atoms with Crippen molar-refractivity contribution in [3.05, 3.63) is 77.6 Å². The minimum atomic E-state index is -0.303. The van der Waals surface area contributed by atoms with Crippen LogP contribution in [0.25, 0.3) is 17.0 Å². The molecule has 4 rings (SSSR count). The Hall–Kier alpha value is -3.34. The van der Waals surface area contributed by atoms with Gasteiger partial charge in [0.2, 0.25) is 0 Å². The van der Waals surface area contributed by atoms with Crippen LogP contribution >= 0.6 is 0 Å². The number of aromatic amines is 1. The van der Waals surface area contributed by atoms with Crippen LogP contribution in [0.1, 0.15) is 28.8 Å². The number of amides is 2. The Morgan fingerprint density at radius 3 is 2.50 bits per heavy atom. The Morgan fingerprint density at radius 1 is 1.00 bits per heavy atom. The van der Waals surface area contributed by atoms with Crippen molar-refractivity contribution in [2.75, 3.05) is 0 Å². The number of H-pyrrole nitrogens is 1. The second-order valence-corrected chi connectivity index (χ2v) is 6.42. The minimum Gasteiger partial charge on any atom is -0.361 e. The van der Waals surface area contributed by atoms with E-state index in [0.29, 0.717) is 5.56 Å². The van der Waals surface area contributed by atoms with Gasteiger partial charge in [-0.05, 0) is 37.1 Å². The molecule has 26 heavy (non-hydrogen) atoms. The van der Waals surface area contributed by atoms with Crippen LogP contribution in [0.5, 0.6) is 0 Å². The highest BCUT2D eigenvalue weighted by atomic mass is 16.2. The minimum absolute atomic E-state index is 0.211. The van der Waals surface area contributed by atoms with Gasteiger partial charge in [-0.15, -0.1) is 0 Å². The van der Waals surface area contributed by atoms with Crippen LogP contribution in [0, 0.1) is 0 Å². The van der Waals surface area contributed by atoms with E-state index >= 15 is 0 Å². The van der Waals surface area contributed by atoms with Gasteiger partial charge in [-0.25, -0.2) is 0 Å². The molecule has 0 aliphatic heterocycles. The quantitative estimate of drug-likeness (QED) is 0.621. The van der Waals surface area contributed by atoms with Gasteiger partial charge in [0.15, 0.2) is 0 Å². The van der Waals surface area contributed by atoms with Gasteiger partial charge < -0.3 is 15.6 Å². The third-order valence-corrected chi connectivity index (χ3v) is 4.36. The first kappa shape index (κ1) is 16.1. The number of benzene rings is 2. The number of carbonyl (C=O) groups is 2. The average Bonchev–Trinajstić information content (AvgIpc) is 3.40. The molecular formula is C21H19N3O2. The summed E-state index contributed by atoms with van der Waals surface area (Å²) >= 11 is 0. The van der Waals surface area contributed by atoms with Crippen molar-refractivity contribution < 1.29 is 9.59 Å². The molecule has 2 amide bonds. The standard InChI is InChI=1S/C21H19N3O2/c25-20(14-6-2-1-3-7-14)24-19(21(26)23-16-10-11-16)12-15-13-22-18-9-5-4-8-17(15)18/h1-9,12-13,16,22H,10-11H2,(H,23,26)(H,24,25)/b19-12+. The summed E-state index contributed by atoms with van der Waals surface area (Å²) in [5, 5.41) is 6.70. The summed E-state index contributed by atoms with van der Waals surface area (Å²) in [7, 11) is 0. The van der Waals surface area contributed by atoms with Crippen molar-refractivity contribution in [3.63, 3.8) is 0 Å². The maximum Gasteiger partial charge on any atom is 0.268 e. The van der Waals surface area contributed by atoms with E-state index in [2.05, 4.69) is 15.6 Å². The summed E-state index contributed by atoms with van der Waals surface area (Å²) in [6, 6.07) is 16.9. The number of aromatic nitrogens is 1. The molecule has 0 unspecified atom stereocenters. The monoisotopic (exact) mass is 345 g/mol. The topological polar surface area (TPSA) is 74.0 Å². The number of carbonyl (C=O) groups excluding carboxylic acids is 2. The molecule has 0 spiro atoms. The van der Waals surface area contributed by atoms with E-state index in [9.17, 15) is 9.59 Å². The lowest BCUT2D eigenvalue weighted by molar-refractivity contribution is -0.117. The van der Waals surface area contributed by atoms with E-state index in [-0.39, 0.29) is 23.6 Å². The molecule has 3 N–H and O–H groups in total. The molecule has 1 aliphatic carbocycles. The van der Waals surface area contributed by atoms with Crippen molar-refractivity contribution >= 4 is 28.8 Å². The van der Waals surface area contributed by atoms with Gasteiger partial charge in [0.1, 0.15) is 5.70 Å². The second-order valence-electron chi connectivity index (χ2n) is 6.42. The van der Waals surface area contributed by atoms with Gasteiger partial charge in [-0.2, -0.15) is 0 Å². The zero-order chi connectivity index (χ0) is 17.9. The first-order chi connectivity index (χ1) is 12.7. The van der Waals surface area contributed by atoms with E-state index in [1.165, 1.54) is 0 Å². The van der Waals surface area contributed by atoms with Crippen LogP contribution < -0.4 is 10.6 Å². The zero-order valence-corrected chi connectivity index (χ0v) is 14.2.